The molecule has 8 heteroatoms. The van der Waals surface area contributed by atoms with Crippen LogP contribution < -0.4 is 10.0 Å². The number of sulfonamides is 1. The zero-order chi connectivity index (χ0) is 15.5. The van der Waals surface area contributed by atoms with Crippen molar-refractivity contribution < 1.29 is 12.8 Å². The molecule has 0 radical (unpaired) electrons. The Hall–Kier alpha value is -1.57. The Labute approximate surface area is 127 Å². The Balaban J connectivity index is 2.19. The van der Waals surface area contributed by atoms with Crippen LogP contribution in [-0.4, -0.2) is 19.9 Å². The lowest BCUT2D eigenvalue weighted by atomic mass is 10.3. The molecule has 0 aliphatic heterocycles. The van der Waals surface area contributed by atoms with Crippen LogP contribution >= 0.6 is 11.6 Å². The Morgan fingerprint density at radius 3 is 2.76 bits per heavy atom. The molecular formula is C13H15ClFN3O2S. The summed E-state index contributed by atoms with van der Waals surface area (Å²) >= 11 is 5.63. The van der Waals surface area contributed by atoms with Gasteiger partial charge in [-0.2, -0.15) is 0 Å². The molecule has 3 N–H and O–H groups in total. The number of nitrogens with one attached hydrogen (secondary N) is 3. The Kier molecular flexibility index (Phi) is 4.87. The second-order valence-electron chi connectivity index (χ2n) is 4.37. The molecule has 0 aliphatic rings. The van der Waals surface area contributed by atoms with E-state index in [-0.39, 0.29) is 15.6 Å². The van der Waals surface area contributed by atoms with Crippen molar-refractivity contribution in [1.82, 2.24) is 10.3 Å². The van der Waals surface area contributed by atoms with Crippen LogP contribution in [-0.2, 0) is 16.6 Å². The highest BCUT2D eigenvalue weighted by molar-refractivity contribution is 7.92. The zero-order valence-electron chi connectivity index (χ0n) is 11.3. The normalized spacial score (nSPS) is 11.6. The molecular weight excluding hydrogens is 317 g/mol. The third kappa shape index (κ3) is 3.96. The van der Waals surface area contributed by atoms with Gasteiger partial charge < -0.3 is 10.3 Å². The molecule has 1 aromatic carbocycles. The summed E-state index contributed by atoms with van der Waals surface area (Å²) in [6.07, 6.45) is 1.36. The second-order valence-corrected chi connectivity index (χ2v) is 6.49. The van der Waals surface area contributed by atoms with Gasteiger partial charge in [-0.05, 0) is 30.8 Å². The van der Waals surface area contributed by atoms with E-state index in [2.05, 4.69) is 15.0 Å². The first kappa shape index (κ1) is 15.8. The molecule has 5 nitrogen and oxygen atoms in total. The van der Waals surface area contributed by atoms with Crippen molar-refractivity contribution in [2.75, 3.05) is 11.3 Å². The first-order valence-corrected chi connectivity index (χ1v) is 8.14. The quantitative estimate of drug-likeness (QED) is 0.762. The van der Waals surface area contributed by atoms with E-state index in [1.165, 1.54) is 24.4 Å². The molecule has 0 amide bonds. The Morgan fingerprint density at radius 1 is 1.33 bits per heavy atom. The molecule has 114 valence electrons. The van der Waals surface area contributed by atoms with Crippen LogP contribution in [0.15, 0.2) is 35.4 Å². The molecule has 0 fully saturated rings. The van der Waals surface area contributed by atoms with E-state index in [1.807, 2.05) is 6.92 Å². The lowest BCUT2D eigenvalue weighted by Gasteiger charge is -2.07. The van der Waals surface area contributed by atoms with Gasteiger partial charge in [-0.25, -0.2) is 12.8 Å². The molecule has 0 unspecified atom stereocenters. The fourth-order valence-corrected chi connectivity index (χ4v) is 2.95. The average Bonchev–Trinajstić information content (AvgIpc) is 2.89. The van der Waals surface area contributed by atoms with E-state index in [0.29, 0.717) is 6.54 Å². The highest BCUT2D eigenvalue weighted by Crippen LogP contribution is 2.22. The molecule has 0 aliphatic carbocycles. The maximum atomic E-state index is 13.6. The minimum atomic E-state index is -3.84. The first-order chi connectivity index (χ1) is 9.92. The van der Waals surface area contributed by atoms with Gasteiger partial charge in [0.15, 0.2) is 0 Å². The average molecular weight is 332 g/mol. The predicted molar refractivity (Wildman–Crippen MR) is 80.4 cm³/mol. The number of anilines is 1. The molecule has 0 saturated carbocycles. The van der Waals surface area contributed by atoms with Crippen molar-refractivity contribution in [3.63, 3.8) is 0 Å². The van der Waals surface area contributed by atoms with Crippen LogP contribution in [0.5, 0.6) is 0 Å². The number of aromatic nitrogens is 1. The number of rotatable bonds is 6. The summed E-state index contributed by atoms with van der Waals surface area (Å²) < 4.78 is 40.2. The van der Waals surface area contributed by atoms with Gasteiger partial charge in [0.2, 0.25) is 0 Å². The maximum absolute atomic E-state index is 13.6. The number of benzene rings is 1. The lowest BCUT2D eigenvalue weighted by molar-refractivity contribution is 0.598. The third-order valence-electron chi connectivity index (χ3n) is 2.77. The van der Waals surface area contributed by atoms with Crippen molar-refractivity contribution in [2.45, 2.75) is 18.4 Å². The predicted octanol–water partition coefficient (Wildman–Crippen LogP) is 2.72. The summed E-state index contributed by atoms with van der Waals surface area (Å²) in [6.45, 7) is 3.25. The Morgan fingerprint density at radius 2 is 2.10 bits per heavy atom. The fourth-order valence-electron chi connectivity index (χ4n) is 1.71. The molecule has 0 bridgehead atoms. The highest BCUT2D eigenvalue weighted by atomic mass is 35.5. The molecule has 0 saturated heterocycles. The SMILES string of the molecule is CCNCc1cc(S(=O)(=O)Nc2ccc(Cl)cc2F)c[nH]1. The van der Waals surface area contributed by atoms with Gasteiger partial charge in [0.25, 0.3) is 10.0 Å². The fraction of sp³-hybridized carbons (Fsp3) is 0.231. The lowest BCUT2D eigenvalue weighted by Crippen LogP contribution is -2.13. The van der Waals surface area contributed by atoms with Crippen molar-refractivity contribution in [3.05, 3.63) is 47.0 Å². The summed E-state index contributed by atoms with van der Waals surface area (Å²) in [5, 5.41) is 3.27. The van der Waals surface area contributed by atoms with E-state index < -0.39 is 15.8 Å². The number of hydrogen-bond donors (Lipinski definition) is 3. The van der Waals surface area contributed by atoms with Crippen LogP contribution in [0.25, 0.3) is 0 Å². The van der Waals surface area contributed by atoms with Gasteiger partial charge in [0, 0.05) is 23.5 Å². The number of halogens is 2. The van der Waals surface area contributed by atoms with Crippen molar-refractivity contribution in [2.24, 2.45) is 0 Å². The van der Waals surface area contributed by atoms with Crippen molar-refractivity contribution in [3.8, 4) is 0 Å². The van der Waals surface area contributed by atoms with Crippen LogP contribution in [0.4, 0.5) is 10.1 Å². The topological polar surface area (TPSA) is 74.0 Å². The summed E-state index contributed by atoms with van der Waals surface area (Å²) in [5.41, 5.74) is 0.586. The van der Waals surface area contributed by atoms with Crippen LogP contribution in [0.1, 0.15) is 12.6 Å². The summed E-state index contributed by atoms with van der Waals surface area (Å²) in [6, 6.07) is 5.24. The van der Waals surface area contributed by atoms with Gasteiger partial charge in [0.05, 0.1) is 5.69 Å². The Bertz CT molecular complexity index is 731. The van der Waals surface area contributed by atoms with Gasteiger partial charge in [-0.1, -0.05) is 18.5 Å². The largest absolute Gasteiger partial charge is 0.363 e. The number of H-pyrrole nitrogens is 1. The van der Waals surface area contributed by atoms with E-state index in [9.17, 15) is 12.8 Å². The van der Waals surface area contributed by atoms with Gasteiger partial charge in [-0.3, -0.25) is 4.72 Å². The molecule has 21 heavy (non-hydrogen) atoms. The number of hydrogen-bond acceptors (Lipinski definition) is 3. The van der Waals surface area contributed by atoms with Crippen LogP contribution in [0.2, 0.25) is 5.02 Å². The van der Waals surface area contributed by atoms with Gasteiger partial charge in [0.1, 0.15) is 10.7 Å². The van der Waals surface area contributed by atoms with Gasteiger partial charge in [-0.15, -0.1) is 0 Å². The highest BCUT2D eigenvalue weighted by Gasteiger charge is 2.18. The summed E-state index contributed by atoms with van der Waals surface area (Å²) in [7, 11) is -3.84. The maximum Gasteiger partial charge on any atom is 0.263 e. The van der Waals surface area contributed by atoms with Crippen molar-refractivity contribution >= 4 is 27.3 Å². The van der Waals surface area contributed by atoms with Crippen LogP contribution in [0, 0.1) is 5.82 Å². The summed E-state index contributed by atoms with van der Waals surface area (Å²) in [5.74, 6) is -0.727. The third-order valence-corrected chi connectivity index (χ3v) is 4.35. The van der Waals surface area contributed by atoms with E-state index in [0.717, 1.165) is 18.3 Å². The molecule has 0 atom stereocenters. The minimum Gasteiger partial charge on any atom is -0.363 e. The molecule has 1 heterocycles. The molecule has 2 aromatic rings. The van der Waals surface area contributed by atoms with Crippen LogP contribution in [0.3, 0.4) is 0 Å². The smallest absolute Gasteiger partial charge is 0.263 e. The van der Waals surface area contributed by atoms with E-state index in [1.54, 1.807) is 0 Å². The van der Waals surface area contributed by atoms with Gasteiger partial charge >= 0.3 is 0 Å². The molecule has 0 spiro atoms. The summed E-state index contributed by atoms with van der Waals surface area (Å²) in [4.78, 5) is 2.91. The minimum absolute atomic E-state index is 0.0461. The molecule has 1 aromatic heterocycles. The number of aromatic amines is 1. The van der Waals surface area contributed by atoms with E-state index in [4.69, 9.17) is 11.6 Å². The monoisotopic (exact) mass is 331 g/mol. The van der Waals surface area contributed by atoms with E-state index >= 15 is 0 Å². The first-order valence-electron chi connectivity index (χ1n) is 6.28. The zero-order valence-corrected chi connectivity index (χ0v) is 12.9. The second kappa shape index (κ2) is 6.46. The molecule has 2 rings (SSSR count). The standard InChI is InChI=1S/C13H15ClFN3O2S/c1-2-16-7-10-6-11(8-17-10)21(19,20)18-13-4-3-9(14)5-12(13)15/h3-6,8,16-18H,2,7H2,1H3. The van der Waals surface area contributed by atoms with Crippen molar-refractivity contribution in [1.29, 1.82) is 0 Å².